The van der Waals surface area contributed by atoms with E-state index >= 15 is 0 Å². The largest absolute Gasteiger partial charge is 0.469 e. The van der Waals surface area contributed by atoms with E-state index < -0.39 is 20.0 Å². The molecule has 0 amide bonds. The average Bonchev–Trinajstić information content (AvgIpc) is 3.14. The first kappa shape index (κ1) is 59.7. The predicted octanol–water partition coefficient (Wildman–Crippen LogP) is 9.78. The second kappa shape index (κ2) is 36.4. The SMILES string of the molecule is CC(C)(C)[Si](C)(C)C.CCC(=O)OC.CCOC.CCOCC.COC(=O)c1ccc(C)cc1C(=O)OC.COC(=O)c1ccccc1C.COC(C)C. The Hall–Kier alpha value is -3.58. The molecule has 0 heterocycles. The van der Waals surface area contributed by atoms with Gasteiger partial charge in [-0.2, -0.15) is 0 Å². The fourth-order valence-electron chi connectivity index (χ4n) is 2.49. The van der Waals surface area contributed by atoms with Crippen LogP contribution in [0, 0.1) is 13.8 Å². The quantitative estimate of drug-likeness (QED) is 0.144. The van der Waals surface area contributed by atoms with Crippen LogP contribution in [0.5, 0.6) is 0 Å². The molecular weight excluding hydrogens is 709 g/mol. The second-order valence-electron chi connectivity index (χ2n) is 13.4. The molecule has 0 saturated heterocycles. The highest BCUT2D eigenvalue weighted by Crippen LogP contribution is 2.35. The van der Waals surface area contributed by atoms with Gasteiger partial charge >= 0.3 is 23.9 Å². The molecule has 0 bridgehead atoms. The van der Waals surface area contributed by atoms with E-state index in [0.717, 1.165) is 30.9 Å². The number of methoxy groups -OCH3 is 6. The predicted molar refractivity (Wildman–Crippen MR) is 224 cm³/mol. The maximum Gasteiger partial charge on any atom is 0.338 e. The molecule has 0 atom stereocenters. The molecule has 0 aliphatic carbocycles. The number of carbonyl (C=O) groups excluding carboxylic acids is 4. The van der Waals surface area contributed by atoms with Crippen molar-refractivity contribution in [3.63, 3.8) is 0 Å². The summed E-state index contributed by atoms with van der Waals surface area (Å²) in [6, 6.07) is 12.2. The third-order valence-corrected chi connectivity index (χ3v) is 12.0. The molecule has 0 aliphatic heterocycles. The third kappa shape index (κ3) is 34.2. The lowest BCUT2D eigenvalue weighted by Gasteiger charge is -2.32. The van der Waals surface area contributed by atoms with Crippen LogP contribution in [-0.2, 0) is 38.0 Å². The molecule has 0 saturated carbocycles. The van der Waals surface area contributed by atoms with E-state index in [9.17, 15) is 19.2 Å². The fourth-order valence-corrected chi connectivity index (χ4v) is 2.49. The molecule has 0 unspecified atom stereocenters. The van der Waals surface area contributed by atoms with Gasteiger partial charge in [0.1, 0.15) is 0 Å². The molecule has 54 heavy (non-hydrogen) atoms. The number of benzene rings is 2. The fraction of sp³-hybridized carbons (Fsp3) is 0.619. The van der Waals surface area contributed by atoms with Crippen LogP contribution in [-0.4, -0.2) is 101 Å². The van der Waals surface area contributed by atoms with Gasteiger partial charge < -0.3 is 33.2 Å². The maximum absolute atomic E-state index is 11.4. The molecule has 0 aromatic heterocycles. The molecular formula is C42H76O11Si. The number of rotatable bonds is 8. The highest BCUT2D eigenvalue weighted by molar-refractivity contribution is 6.78. The van der Waals surface area contributed by atoms with Crippen LogP contribution in [0.3, 0.4) is 0 Å². The van der Waals surface area contributed by atoms with Crippen LogP contribution in [0.15, 0.2) is 42.5 Å². The Morgan fingerprint density at radius 3 is 1.28 bits per heavy atom. The first-order valence-electron chi connectivity index (χ1n) is 18.1. The van der Waals surface area contributed by atoms with E-state index in [1.165, 1.54) is 28.4 Å². The molecule has 12 heteroatoms. The summed E-state index contributed by atoms with van der Waals surface area (Å²) < 4.78 is 32.1. The van der Waals surface area contributed by atoms with E-state index in [-0.39, 0.29) is 23.1 Å². The van der Waals surface area contributed by atoms with E-state index in [2.05, 4.69) is 64.1 Å². The summed E-state index contributed by atoms with van der Waals surface area (Å²) in [5, 5.41) is 0.576. The van der Waals surface area contributed by atoms with Crippen molar-refractivity contribution >= 4 is 32.0 Å². The monoisotopic (exact) mass is 785 g/mol. The van der Waals surface area contributed by atoms with Crippen molar-refractivity contribution in [1.29, 1.82) is 0 Å². The lowest BCUT2D eigenvalue weighted by Crippen LogP contribution is -2.32. The molecule has 0 N–H and O–H groups in total. The van der Waals surface area contributed by atoms with Crippen molar-refractivity contribution in [3.05, 3.63) is 70.3 Å². The van der Waals surface area contributed by atoms with E-state index in [0.29, 0.717) is 23.1 Å². The van der Waals surface area contributed by atoms with Crippen molar-refractivity contribution in [2.24, 2.45) is 0 Å². The minimum atomic E-state index is -0.859. The molecule has 0 aliphatic rings. The molecule has 2 aromatic carbocycles. The van der Waals surface area contributed by atoms with Crippen LogP contribution < -0.4 is 0 Å². The molecule has 2 aromatic rings. The number of hydrogen-bond donors (Lipinski definition) is 0. The smallest absolute Gasteiger partial charge is 0.338 e. The molecule has 0 spiro atoms. The van der Waals surface area contributed by atoms with Gasteiger partial charge in [-0.05, 0) is 77.3 Å². The van der Waals surface area contributed by atoms with E-state index in [4.69, 9.17) is 9.47 Å². The lowest BCUT2D eigenvalue weighted by atomic mass is 10.0. The van der Waals surface area contributed by atoms with Crippen molar-refractivity contribution in [2.45, 2.75) is 113 Å². The number of ether oxygens (including phenoxy) is 7. The second-order valence-corrected chi connectivity index (χ2v) is 19.4. The summed E-state index contributed by atoms with van der Waals surface area (Å²) in [5.74, 6) is -1.52. The third-order valence-electron chi connectivity index (χ3n) is 7.47. The highest BCUT2D eigenvalue weighted by Gasteiger charge is 2.29. The summed E-state index contributed by atoms with van der Waals surface area (Å²) in [6.45, 7) is 32.1. The topological polar surface area (TPSA) is 133 Å². The molecule has 0 radical (unpaired) electrons. The number of hydrogen-bond acceptors (Lipinski definition) is 11. The van der Waals surface area contributed by atoms with Crippen molar-refractivity contribution in [1.82, 2.24) is 0 Å². The number of esters is 4. The van der Waals surface area contributed by atoms with E-state index in [1.54, 1.807) is 45.4 Å². The Labute approximate surface area is 329 Å². The Kier molecular flexibility index (Phi) is 40.2. The van der Waals surface area contributed by atoms with Crippen LogP contribution in [0.1, 0.15) is 111 Å². The zero-order chi connectivity index (χ0) is 43.5. The maximum atomic E-state index is 11.4. The zero-order valence-electron chi connectivity index (χ0n) is 37.4. The first-order valence-corrected chi connectivity index (χ1v) is 21.6. The van der Waals surface area contributed by atoms with E-state index in [1.807, 2.05) is 66.7 Å². The molecule has 11 nitrogen and oxygen atoms in total. The summed E-state index contributed by atoms with van der Waals surface area (Å²) >= 11 is 0. The summed E-state index contributed by atoms with van der Waals surface area (Å²) in [5.41, 5.74) is 2.90. The van der Waals surface area contributed by atoms with Gasteiger partial charge in [-0.15, -0.1) is 0 Å². The summed E-state index contributed by atoms with van der Waals surface area (Å²) in [4.78, 5) is 43.7. The molecule has 314 valence electrons. The molecule has 2 rings (SSSR count). The zero-order valence-corrected chi connectivity index (χ0v) is 38.4. The Balaban J connectivity index is -0.000000183. The number of carbonyl (C=O) groups is 4. The standard InChI is InChI=1S/C11H12O4.C9H10O2.C7H18Si.C4H8O2.2C4H10O.C3H8O/c1-7-4-5-8(10(12)14-2)9(6-7)11(13)15-3;1-7-5-3-4-6-8(7)9(10)11-2;1-7(2,3)8(4,5)6;1-3-4(5)6-2;1-4(2)5-3;1-3-5-4-2;1-3-4-2/h4-6H,1-3H3;3-6H,1-2H3;1-6H3;3H2,1-2H3;4H,1-3H3;3-4H2,1-2H3;3H2,1-2H3. The average molecular weight is 785 g/mol. The minimum absolute atomic E-state index is 0.157. The van der Waals surface area contributed by atoms with Gasteiger partial charge in [0.25, 0.3) is 0 Å². The van der Waals surface area contributed by atoms with Crippen molar-refractivity contribution in [2.75, 3.05) is 62.5 Å². The highest BCUT2D eigenvalue weighted by atomic mass is 28.3. The Bertz CT molecular complexity index is 1230. The van der Waals surface area contributed by atoms with Gasteiger partial charge in [0.05, 0.1) is 51.2 Å². The molecule has 0 fully saturated rings. The van der Waals surface area contributed by atoms with Crippen LogP contribution in [0.4, 0.5) is 0 Å². The van der Waals surface area contributed by atoms with Crippen LogP contribution in [0.2, 0.25) is 24.7 Å². The van der Waals surface area contributed by atoms with Crippen molar-refractivity contribution < 1.29 is 52.3 Å². The van der Waals surface area contributed by atoms with Gasteiger partial charge in [0.2, 0.25) is 0 Å². The summed E-state index contributed by atoms with van der Waals surface area (Å²) in [6.07, 6.45) is 0.853. The number of aryl methyl sites for hydroxylation is 2. The van der Waals surface area contributed by atoms with Gasteiger partial charge in [-0.3, -0.25) is 4.79 Å². The minimum Gasteiger partial charge on any atom is -0.469 e. The Morgan fingerprint density at radius 2 is 1.02 bits per heavy atom. The van der Waals surface area contributed by atoms with Crippen LogP contribution >= 0.6 is 0 Å². The lowest BCUT2D eigenvalue weighted by molar-refractivity contribution is -0.140. The first-order chi connectivity index (χ1) is 25.0. The van der Waals surface area contributed by atoms with Gasteiger partial charge in [-0.1, -0.05) is 77.2 Å². The van der Waals surface area contributed by atoms with Gasteiger partial charge in [-0.25, -0.2) is 14.4 Å². The van der Waals surface area contributed by atoms with Crippen molar-refractivity contribution in [3.8, 4) is 0 Å². The van der Waals surface area contributed by atoms with Gasteiger partial charge in [0.15, 0.2) is 0 Å². The summed E-state index contributed by atoms with van der Waals surface area (Å²) in [7, 11) is 7.82. The Morgan fingerprint density at radius 1 is 0.630 bits per heavy atom. The van der Waals surface area contributed by atoms with Crippen LogP contribution in [0.25, 0.3) is 0 Å². The normalized spacial score (nSPS) is 9.72. The van der Waals surface area contributed by atoms with Gasteiger partial charge in [0, 0.05) is 48.5 Å².